The van der Waals surface area contributed by atoms with Crippen LogP contribution in [0.1, 0.15) is 21.8 Å². The van der Waals surface area contributed by atoms with E-state index in [2.05, 4.69) is 4.72 Å². The van der Waals surface area contributed by atoms with Crippen LogP contribution in [0.4, 0.5) is 10.1 Å². The van der Waals surface area contributed by atoms with Gasteiger partial charge < -0.3 is 10.6 Å². The first kappa shape index (κ1) is 21.1. The zero-order valence-corrected chi connectivity index (χ0v) is 16.3. The van der Waals surface area contributed by atoms with Gasteiger partial charge in [-0.3, -0.25) is 9.52 Å². The molecule has 27 heavy (non-hydrogen) atoms. The van der Waals surface area contributed by atoms with E-state index >= 15 is 0 Å². The van der Waals surface area contributed by atoms with Gasteiger partial charge in [0.1, 0.15) is 5.82 Å². The van der Waals surface area contributed by atoms with E-state index in [1.54, 1.807) is 0 Å². The third-order valence-electron chi connectivity index (χ3n) is 4.39. The van der Waals surface area contributed by atoms with Crippen LogP contribution in [0.25, 0.3) is 0 Å². The average Bonchev–Trinajstić information content (AvgIpc) is 2.97. The second-order valence-corrected chi connectivity index (χ2v) is 8.20. The van der Waals surface area contributed by atoms with E-state index in [0.717, 1.165) is 24.0 Å². The van der Waals surface area contributed by atoms with Crippen LogP contribution in [0, 0.1) is 5.82 Å². The summed E-state index contributed by atoms with van der Waals surface area (Å²) in [5, 5.41) is 0. The van der Waals surface area contributed by atoms with E-state index in [1.807, 2.05) is 30.3 Å². The molecule has 0 saturated carbocycles. The zero-order chi connectivity index (χ0) is 18.9. The second-order valence-electron chi connectivity index (χ2n) is 6.46. The molecule has 3 rings (SSSR count). The Balaban J connectivity index is 0.00000261. The molecule has 0 bridgehead atoms. The van der Waals surface area contributed by atoms with Gasteiger partial charge in [0.15, 0.2) is 0 Å². The number of halogens is 2. The number of hydrogen-bond acceptors (Lipinski definition) is 4. The normalized spacial score (nSPS) is 19.4. The van der Waals surface area contributed by atoms with Crippen molar-refractivity contribution < 1.29 is 17.6 Å². The molecule has 0 spiro atoms. The van der Waals surface area contributed by atoms with Crippen LogP contribution in [0.2, 0.25) is 0 Å². The quantitative estimate of drug-likeness (QED) is 0.803. The van der Waals surface area contributed by atoms with E-state index in [4.69, 9.17) is 5.73 Å². The van der Waals surface area contributed by atoms with Gasteiger partial charge in [-0.25, -0.2) is 12.8 Å². The highest BCUT2D eigenvalue weighted by Crippen LogP contribution is 2.29. The number of nitrogens with zero attached hydrogens (tertiary/aromatic N) is 1. The molecule has 9 heteroatoms. The monoisotopic (exact) mass is 413 g/mol. The maximum Gasteiger partial charge on any atom is 0.256 e. The number of anilines is 1. The largest absolute Gasteiger partial charge is 0.336 e. The number of nitrogens with two attached hydrogens (primary N) is 1. The van der Waals surface area contributed by atoms with Crippen molar-refractivity contribution in [2.75, 3.05) is 24.1 Å². The van der Waals surface area contributed by atoms with Crippen LogP contribution in [0.3, 0.4) is 0 Å². The number of hydrogen-bond donors (Lipinski definition) is 2. The van der Waals surface area contributed by atoms with Gasteiger partial charge in [0.05, 0.1) is 17.5 Å². The number of benzene rings is 2. The van der Waals surface area contributed by atoms with E-state index in [1.165, 1.54) is 11.0 Å². The van der Waals surface area contributed by atoms with Crippen molar-refractivity contribution in [2.24, 2.45) is 5.73 Å². The molecule has 0 aliphatic carbocycles. The lowest BCUT2D eigenvalue weighted by Gasteiger charge is -2.19. The Morgan fingerprint density at radius 1 is 1.19 bits per heavy atom. The second kappa shape index (κ2) is 8.24. The Morgan fingerprint density at radius 2 is 1.85 bits per heavy atom. The van der Waals surface area contributed by atoms with Crippen LogP contribution in [0.15, 0.2) is 48.5 Å². The van der Waals surface area contributed by atoms with Gasteiger partial charge in [-0.2, -0.15) is 0 Å². The van der Waals surface area contributed by atoms with Crippen LogP contribution in [0.5, 0.6) is 0 Å². The summed E-state index contributed by atoms with van der Waals surface area (Å²) >= 11 is 0. The molecule has 3 N–H and O–H groups in total. The third kappa shape index (κ3) is 4.97. The number of nitrogens with one attached hydrogen (secondary N) is 1. The lowest BCUT2D eigenvalue weighted by atomic mass is 9.95. The van der Waals surface area contributed by atoms with Gasteiger partial charge in [0.2, 0.25) is 10.0 Å². The molecule has 2 aromatic carbocycles. The number of carbonyl (C=O) groups is 1. The molecule has 146 valence electrons. The van der Waals surface area contributed by atoms with Crippen LogP contribution < -0.4 is 10.5 Å². The van der Waals surface area contributed by atoms with Crippen molar-refractivity contribution >= 4 is 34.0 Å². The number of rotatable bonds is 4. The maximum atomic E-state index is 13.7. The van der Waals surface area contributed by atoms with Crippen LogP contribution >= 0.6 is 12.4 Å². The van der Waals surface area contributed by atoms with Crippen molar-refractivity contribution in [1.82, 2.24) is 4.90 Å². The molecule has 0 unspecified atom stereocenters. The Labute approximate surface area is 164 Å². The standard InChI is InChI=1S/C18H20FN3O3S.ClH/c1-26(24,25)21-17-8-7-13(19)9-14(17)18(23)22-10-15(16(20)11-22)12-5-3-2-4-6-12;/h2-9,15-16,21H,10-11,20H2,1H3;1H/t15-,16+;/m0./s1. The Morgan fingerprint density at radius 3 is 2.48 bits per heavy atom. The van der Waals surface area contributed by atoms with Crippen molar-refractivity contribution in [3.05, 3.63) is 65.5 Å². The van der Waals surface area contributed by atoms with Crippen molar-refractivity contribution in [3.8, 4) is 0 Å². The fourth-order valence-electron chi connectivity index (χ4n) is 3.20. The van der Waals surface area contributed by atoms with E-state index in [9.17, 15) is 17.6 Å². The minimum atomic E-state index is -3.60. The summed E-state index contributed by atoms with van der Waals surface area (Å²) in [6, 6.07) is 12.8. The molecule has 6 nitrogen and oxygen atoms in total. The molecule has 0 radical (unpaired) electrons. The molecule has 2 atom stereocenters. The lowest BCUT2D eigenvalue weighted by molar-refractivity contribution is 0.0789. The van der Waals surface area contributed by atoms with Crippen molar-refractivity contribution in [2.45, 2.75) is 12.0 Å². The molecule has 1 heterocycles. The van der Waals surface area contributed by atoms with Crippen LogP contribution in [-0.2, 0) is 10.0 Å². The van der Waals surface area contributed by atoms with Gasteiger partial charge in [-0.1, -0.05) is 30.3 Å². The Bertz CT molecular complexity index is 925. The molecule has 2 aromatic rings. The predicted octanol–water partition coefficient (Wildman–Crippen LogP) is 2.19. The SMILES string of the molecule is CS(=O)(=O)Nc1ccc(F)cc1C(=O)N1C[C@@H](N)[C@H](c2ccccc2)C1.Cl. The molecular weight excluding hydrogens is 393 g/mol. The molecule has 0 aromatic heterocycles. The molecular formula is C18H21ClFN3O3S. The summed E-state index contributed by atoms with van der Waals surface area (Å²) in [6.45, 7) is 0.700. The van der Waals surface area contributed by atoms with Gasteiger partial charge in [-0.15, -0.1) is 12.4 Å². The van der Waals surface area contributed by atoms with Gasteiger partial charge in [-0.05, 0) is 23.8 Å². The van der Waals surface area contributed by atoms with Crippen molar-refractivity contribution in [3.63, 3.8) is 0 Å². The highest BCUT2D eigenvalue weighted by atomic mass is 35.5. The number of likely N-dealkylation sites (tertiary alicyclic amines) is 1. The highest BCUT2D eigenvalue weighted by molar-refractivity contribution is 7.92. The van der Waals surface area contributed by atoms with Crippen LogP contribution in [-0.4, -0.2) is 44.6 Å². The molecule has 1 fully saturated rings. The zero-order valence-electron chi connectivity index (χ0n) is 14.6. The molecule has 1 saturated heterocycles. The first-order valence-electron chi connectivity index (χ1n) is 8.12. The smallest absolute Gasteiger partial charge is 0.256 e. The minimum absolute atomic E-state index is 0. The first-order chi connectivity index (χ1) is 12.2. The molecule has 1 amide bonds. The summed E-state index contributed by atoms with van der Waals surface area (Å²) in [7, 11) is -3.60. The summed E-state index contributed by atoms with van der Waals surface area (Å²) in [6.07, 6.45) is 0.974. The summed E-state index contributed by atoms with van der Waals surface area (Å²) in [5.41, 5.74) is 7.26. The number of sulfonamides is 1. The maximum absolute atomic E-state index is 13.7. The molecule has 1 aliphatic heterocycles. The predicted molar refractivity (Wildman–Crippen MR) is 105 cm³/mol. The summed E-state index contributed by atoms with van der Waals surface area (Å²) in [5.74, 6) is -1.10. The van der Waals surface area contributed by atoms with Crippen molar-refractivity contribution in [1.29, 1.82) is 0 Å². The van der Waals surface area contributed by atoms with E-state index in [-0.39, 0.29) is 35.6 Å². The lowest BCUT2D eigenvalue weighted by Crippen LogP contribution is -2.32. The fraction of sp³-hybridized carbons (Fsp3) is 0.278. The number of amides is 1. The van der Waals surface area contributed by atoms with Gasteiger partial charge in [0.25, 0.3) is 5.91 Å². The minimum Gasteiger partial charge on any atom is -0.336 e. The fourth-order valence-corrected chi connectivity index (χ4v) is 3.78. The molecule has 1 aliphatic rings. The van der Waals surface area contributed by atoms with Gasteiger partial charge in [0, 0.05) is 25.0 Å². The van der Waals surface area contributed by atoms with E-state index in [0.29, 0.717) is 13.1 Å². The topological polar surface area (TPSA) is 92.5 Å². The average molecular weight is 414 g/mol. The summed E-state index contributed by atoms with van der Waals surface area (Å²) < 4.78 is 39.0. The number of carbonyl (C=O) groups excluding carboxylic acids is 1. The Kier molecular flexibility index (Phi) is 6.46. The van der Waals surface area contributed by atoms with E-state index < -0.39 is 21.7 Å². The van der Waals surface area contributed by atoms with Gasteiger partial charge >= 0.3 is 0 Å². The Hall–Kier alpha value is -2.16. The summed E-state index contributed by atoms with van der Waals surface area (Å²) in [4.78, 5) is 14.4. The first-order valence-corrected chi connectivity index (χ1v) is 10.0. The highest BCUT2D eigenvalue weighted by Gasteiger charge is 2.35. The third-order valence-corrected chi connectivity index (χ3v) is 4.98.